The number of carbonyl (C=O) groups is 2. The van der Waals surface area contributed by atoms with E-state index in [1.807, 2.05) is 4.90 Å². The molecule has 3 rings (SSSR count). The van der Waals surface area contributed by atoms with E-state index in [-0.39, 0.29) is 18.0 Å². The number of piperazine rings is 2. The van der Waals surface area contributed by atoms with E-state index in [1.54, 1.807) is 23.1 Å². The number of benzene rings is 1. The highest BCUT2D eigenvalue weighted by atomic mass is 35.5. The molecule has 2 aliphatic heterocycles. The van der Waals surface area contributed by atoms with Crippen molar-refractivity contribution in [3.8, 4) is 0 Å². The number of urea groups is 1. The smallest absolute Gasteiger partial charge is 0.321 e. The highest BCUT2D eigenvalue weighted by molar-refractivity contribution is 6.42. The van der Waals surface area contributed by atoms with Crippen LogP contribution in [0.5, 0.6) is 0 Å². The lowest BCUT2D eigenvalue weighted by molar-refractivity contribution is -0.136. The Bertz CT molecular complexity index is 708. The zero-order chi connectivity index (χ0) is 20.1. The Hall–Kier alpha value is -1.54. The van der Waals surface area contributed by atoms with E-state index in [2.05, 4.69) is 22.5 Å². The predicted octanol–water partition coefficient (Wildman–Crippen LogP) is 2.35. The topological polar surface area (TPSA) is 67.9 Å². The van der Waals surface area contributed by atoms with Crippen molar-refractivity contribution in [2.24, 2.45) is 0 Å². The summed E-state index contributed by atoms with van der Waals surface area (Å²) in [6.07, 6.45) is 1.09. The maximum atomic E-state index is 12.8. The summed E-state index contributed by atoms with van der Waals surface area (Å²) in [5.41, 5.74) is 0.598. The average molecular weight is 428 g/mol. The van der Waals surface area contributed by atoms with Crippen LogP contribution in [0.25, 0.3) is 0 Å². The normalized spacial score (nSPS) is 20.9. The molecule has 1 aromatic rings. The lowest BCUT2D eigenvalue weighted by Gasteiger charge is -2.39. The minimum atomic E-state index is -0.199. The summed E-state index contributed by atoms with van der Waals surface area (Å²) in [6, 6.07) is 4.63. The van der Waals surface area contributed by atoms with E-state index >= 15 is 0 Å². The summed E-state index contributed by atoms with van der Waals surface area (Å²) in [4.78, 5) is 31.2. The van der Waals surface area contributed by atoms with Crippen LogP contribution in [0.3, 0.4) is 0 Å². The number of amides is 3. The third-order valence-corrected chi connectivity index (χ3v) is 5.89. The van der Waals surface area contributed by atoms with E-state index in [0.29, 0.717) is 41.9 Å². The van der Waals surface area contributed by atoms with Crippen LogP contribution in [0.2, 0.25) is 10.0 Å². The van der Waals surface area contributed by atoms with Gasteiger partial charge in [-0.3, -0.25) is 4.79 Å². The molecular weight excluding hydrogens is 401 g/mol. The highest BCUT2D eigenvalue weighted by Gasteiger charge is 2.31. The Morgan fingerprint density at radius 3 is 2.50 bits per heavy atom. The highest BCUT2D eigenvalue weighted by Crippen LogP contribution is 2.25. The number of anilines is 1. The van der Waals surface area contributed by atoms with Gasteiger partial charge >= 0.3 is 6.03 Å². The molecule has 0 saturated carbocycles. The fraction of sp³-hybridized carbons (Fsp3) is 0.579. The molecule has 154 valence electrons. The van der Waals surface area contributed by atoms with Crippen LogP contribution in [0.4, 0.5) is 10.5 Å². The predicted molar refractivity (Wildman–Crippen MR) is 112 cm³/mol. The first-order valence-electron chi connectivity index (χ1n) is 9.73. The van der Waals surface area contributed by atoms with Gasteiger partial charge in [-0.2, -0.15) is 0 Å². The van der Waals surface area contributed by atoms with Gasteiger partial charge in [0.1, 0.15) is 0 Å². The molecule has 0 radical (unpaired) electrons. The summed E-state index contributed by atoms with van der Waals surface area (Å²) in [6.45, 7) is 7.84. The lowest BCUT2D eigenvalue weighted by atomic mass is 10.1. The van der Waals surface area contributed by atoms with Crippen LogP contribution in [0.1, 0.15) is 13.3 Å². The molecule has 3 amide bonds. The molecule has 9 heteroatoms. The van der Waals surface area contributed by atoms with Gasteiger partial charge in [0, 0.05) is 51.5 Å². The molecule has 2 heterocycles. The number of rotatable bonds is 4. The zero-order valence-electron chi connectivity index (χ0n) is 16.1. The molecule has 2 saturated heterocycles. The summed E-state index contributed by atoms with van der Waals surface area (Å²) in [7, 11) is 0. The van der Waals surface area contributed by atoms with E-state index in [1.165, 1.54) is 0 Å². The summed E-state index contributed by atoms with van der Waals surface area (Å²) in [5, 5.41) is 7.00. The van der Waals surface area contributed by atoms with Gasteiger partial charge in [0.2, 0.25) is 5.91 Å². The minimum Gasteiger partial charge on any atom is -0.338 e. The minimum absolute atomic E-state index is 0.130. The molecule has 2 fully saturated rings. The van der Waals surface area contributed by atoms with Gasteiger partial charge in [0.15, 0.2) is 0 Å². The average Bonchev–Trinajstić information content (AvgIpc) is 2.71. The Balaban J connectivity index is 1.48. The third kappa shape index (κ3) is 5.29. The lowest BCUT2D eigenvalue weighted by Crippen LogP contribution is -2.61. The van der Waals surface area contributed by atoms with Crippen molar-refractivity contribution in [1.29, 1.82) is 0 Å². The van der Waals surface area contributed by atoms with E-state index in [0.717, 1.165) is 32.6 Å². The second-order valence-corrected chi connectivity index (χ2v) is 7.99. The van der Waals surface area contributed by atoms with E-state index in [4.69, 9.17) is 23.2 Å². The van der Waals surface area contributed by atoms with Crippen molar-refractivity contribution in [2.45, 2.75) is 19.4 Å². The van der Waals surface area contributed by atoms with Crippen molar-refractivity contribution in [2.75, 3.05) is 57.7 Å². The van der Waals surface area contributed by atoms with Gasteiger partial charge in [0.05, 0.1) is 16.1 Å². The van der Waals surface area contributed by atoms with E-state index < -0.39 is 0 Å². The van der Waals surface area contributed by atoms with Gasteiger partial charge in [-0.25, -0.2) is 4.79 Å². The maximum Gasteiger partial charge on any atom is 0.321 e. The van der Waals surface area contributed by atoms with Crippen molar-refractivity contribution < 1.29 is 9.59 Å². The standard InChI is InChI=1S/C19H27Cl2N5O2/c1-2-6-24-7-5-22-17(13-24)18(27)25-8-10-26(11-9-25)19(28)23-14-3-4-15(20)16(21)12-14/h3-4,12,17,22H,2,5-11,13H2,1H3,(H,23,28)/t17-/m1/s1. The SMILES string of the molecule is CCCN1CCN[C@@H](C(=O)N2CCN(C(=O)Nc3ccc(Cl)c(Cl)c3)CC2)C1. The number of hydrogen-bond donors (Lipinski definition) is 2. The first kappa shape index (κ1) is 21.2. The number of nitrogens with zero attached hydrogens (tertiary/aromatic N) is 3. The van der Waals surface area contributed by atoms with Crippen molar-refractivity contribution >= 4 is 40.8 Å². The number of nitrogens with one attached hydrogen (secondary N) is 2. The second-order valence-electron chi connectivity index (χ2n) is 7.18. The van der Waals surface area contributed by atoms with E-state index in [9.17, 15) is 9.59 Å². The number of carbonyl (C=O) groups excluding carboxylic acids is 2. The van der Waals surface area contributed by atoms with Gasteiger partial charge in [-0.15, -0.1) is 0 Å². The number of halogens is 2. The second kappa shape index (κ2) is 9.78. The van der Waals surface area contributed by atoms with Crippen LogP contribution in [-0.2, 0) is 4.79 Å². The fourth-order valence-electron chi connectivity index (χ4n) is 3.62. The van der Waals surface area contributed by atoms with Crippen LogP contribution in [0.15, 0.2) is 18.2 Å². The summed E-state index contributed by atoms with van der Waals surface area (Å²) < 4.78 is 0. The Morgan fingerprint density at radius 2 is 1.82 bits per heavy atom. The molecule has 0 unspecified atom stereocenters. The molecule has 0 spiro atoms. The molecular formula is C19H27Cl2N5O2. The molecule has 0 aliphatic carbocycles. The largest absolute Gasteiger partial charge is 0.338 e. The van der Waals surface area contributed by atoms with Crippen LogP contribution >= 0.6 is 23.2 Å². The first-order chi connectivity index (χ1) is 13.5. The van der Waals surface area contributed by atoms with Gasteiger partial charge in [-0.05, 0) is 31.2 Å². The molecule has 7 nitrogen and oxygen atoms in total. The molecule has 0 aromatic heterocycles. The monoisotopic (exact) mass is 427 g/mol. The van der Waals surface area contributed by atoms with Gasteiger partial charge in [0.25, 0.3) is 0 Å². The molecule has 1 aromatic carbocycles. The molecule has 2 N–H and O–H groups in total. The molecule has 28 heavy (non-hydrogen) atoms. The fourth-order valence-corrected chi connectivity index (χ4v) is 3.92. The van der Waals surface area contributed by atoms with Gasteiger partial charge in [-0.1, -0.05) is 30.1 Å². The first-order valence-corrected chi connectivity index (χ1v) is 10.5. The van der Waals surface area contributed by atoms with Crippen LogP contribution in [-0.4, -0.2) is 85.0 Å². The van der Waals surface area contributed by atoms with Crippen LogP contribution in [0, 0.1) is 0 Å². The Labute approximate surface area is 175 Å². The summed E-state index contributed by atoms with van der Waals surface area (Å²) >= 11 is 11.9. The quantitative estimate of drug-likeness (QED) is 0.773. The summed E-state index contributed by atoms with van der Waals surface area (Å²) in [5.74, 6) is 0.130. The Kier molecular flexibility index (Phi) is 7.40. The van der Waals surface area contributed by atoms with Crippen molar-refractivity contribution in [3.05, 3.63) is 28.2 Å². The third-order valence-electron chi connectivity index (χ3n) is 5.15. The van der Waals surface area contributed by atoms with Crippen molar-refractivity contribution in [3.63, 3.8) is 0 Å². The molecule has 1 atom stereocenters. The number of hydrogen-bond acceptors (Lipinski definition) is 4. The van der Waals surface area contributed by atoms with Gasteiger partial charge < -0.3 is 25.3 Å². The molecule has 0 bridgehead atoms. The van der Waals surface area contributed by atoms with Crippen LogP contribution < -0.4 is 10.6 Å². The zero-order valence-corrected chi connectivity index (χ0v) is 17.6. The Morgan fingerprint density at radius 1 is 1.11 bits per heavy atom. The van der Waals surface area contributed by atoms with Crippen molar-refractivity contribution in [1.82, 2.24) is 20.0 Å². The maximum absolute atomic E-state index is 12.8. The molecule has 2 aliphatic rings.